The average Bonchev–Trinajstić information content (AvgIpc) is 2.77. The molecule has 1 saturated heterocycles. The van der Waals surface area contributed by atoms with Crippen molar-refractivity contribution < 1.29 is 4.79 Å². The lowest BCUT2D eigenvalue weighted by atomic mass is 10.1. The third kappa shape index (κ3) is 4.81. The minimum absolute atomic E-state index is 0.128. The number of hydrogen-bond acceptors (Lipinski definition) is 4. The first-order chi connectivity index (χ1) is 14.2. The summed E-state index contributed by atoms with van der Waals surface area (Å²) in [5.74, 6) is -0.128. The maximum Gasteiger partial charge on any atom is 0.257 e. The third-order valence-corrected chi connectivity index (χ3v) is 5.37. The Bertz CT molecular complexity index is 965. The van der Waals surface area contributed by atoms with Crippen LogP contribution in [0.3, 0.4) is 0 Å². The van der Waals surface area contributed by atoms with Gasteiger partial charge >= 0.3 is 0 Å². The summed E-state index contributed by atoms with van der Waals surface area (Å²) in [4.78, 5) is 21.8. The van der Waals surface area contributed by atoms with E-state index in [1.165, 1.54) is 5.56 Å². The zero-order valence-electron chi connectivity index (χ0n) is 16.7. The summed E-state index contributed by atoms with van der Waals surface area (Å²) in [5.41, 5.74) is 4.80. The van der Waals surface area contributed by atoms with E-state index in [9.17, 15) is 4.79 Å². The van der Waals surface area contributed by atoms with E-state index in [-0.39, 0.29) is 5.91 Å². The van der Waals surface area contributed by atoms with E-state index < -0.39 is 0 Å². The Morgan fingerprint density at radius 2 is 1.69 bits per heavy atom. The molecule has 1 amide bonds. The van der Waals surface area contributed by atoms with Crippen molar-refractivity contribution in [3.8, 4) is 0 Å². The van der Waals surface area contributed by atoms with Crippen LogP contribution in [0.5, 0.6) is 0 Å². The summed E-state index contributed by atoms with van der Waals surface area (Å²) in [6.07, 6.45) is 3.47. The molecule has 2 heterocycles. The van der Waals surface area contributed by atoms with Crippen molar-refractivity contribution in [2.75, 3.05) is 36.4 Å². The van der Waals surface area contributed by atoms with Gasteiger partial charge in [-0.3, -0.25) is 14.7 Å². The molecule has 0 atom stereocenters. The van der Waals surface area contributed by atoms with Crippen molar-refractivity contribution in [1.82, 2.24) is 9.88 Å². The number of nitrogens with one attached hydrogen (secondary N) is 1. The van der Waals surface area contributed by atoms with Crippen LogP contribution in [0.4, 0.5) is 11.4 Å². The minimum atomic E-state index is -0.128. The average molecular weight is 386 g/mol. The topological polar surface area (TPSA) is 48.5 Å². The molecule has 1 aromatic heterocycles. The monoisotopic (exact) mass is 386 g/mol. The summed E-state index contributed by atoms with van der Waals surface area (Å²) in [6, 6.07) is 20.3. The van der Waals surface area contributed by atoms with Crippen LogP contribution in [0.25, 0.3) is 0 Å². The molecule has 2 aromatic carbocycles. The van der Waals surface area contributed by atoms with E-state index in [1.807, 2.05) is 43.5 Å². The number of rotatable bonds is 5. The van der Waals surface area contributed by atoms with Gasteiger partial charge in [-0.15, -0.1) is 0 Å². The van der Waals surface area contributed by atoms with Crippen LogP contribution >= 0.6 is 0 Å². The van der Waals surface area contributed by atoms with Crippen molar-refractivity contribution in [2.24, 2.45) is 0 Å². The van der Waals surface area contributed by atoms with Crippen LogP contribution < -0.4 is 10.2 Å². The van der Waals surface area contributed by atoms with E-state index in [1.54, 1.807) is 6.20 Å². The number of carbonyl (C=O) groups is 1. The normalized spacial score (nSPS) is 14.6. The number of anilines is 2. The fourth-order valence-corrected chi connectivity index (χ4v) is 3.64. The number of aryl methyl sites for hydroxylation is 1. The van der Waals surface area contributed by atoms with E-state index in [4.69, 9.17) is 0 Å². The zero-order valence-corrected chi connectivity index (χ0v) is 16.7. The van der Waals surface area contributed by atoms with E-state index >= 15 is 0 Å². The molecule has 0 saturated carbocycles. The molecule has 0 unspecified atom stereocenters. The molecule has 3 aromatic rings. The highest BCUT2D eigenvalue weighted by atomic mass is 16.1. The van der Waals surface area contributed by atoms with Crippen molar-refractivity contribution >= 4 is 17.3 Å². The molecule has 5 nitrogen and oxygen atoms in total. The smallest absolute Gasteiger partial charge is 0.257 e. The molecule has 1 aliphatic heterocycles. The Balaban J connectivity index is 1.38. The maximum absolute atomic E-state index is 12.7. The standard InChI is InChI=1S/C24H26N4O/c1-19-7-5-6-10-23(19)26-24(29)21-15-22(17-25-16-21)28-13-11-27(12-14-28)18-20-8-3-2-4-9-20/h2-10,15-17H,11-14,18H2,1H3,(H,26,29). The molecule has 29 heavy (non-hydrogen) atoms. The second kappa shape index (κ2) is 8.88. The minimum Gasteiger partial charge on any atom is -0.368 e. The number of benzene rings is 2. The summed E-state index contributed by atoms with van der Waals surface area (Å²) >= 11 is 0. The highest BCUT2D eigenvalue weighted by Gasteiger charge is 2.19. The van der Waals surface area contributed by atoms with Crippen LogP contribution in [0.2, 0.25) is 0 Å². The Morgan fingerprint density at radius 3 is 2.45 bits per heavy atom. The van der Waals surface area contributed by atoms with Gasteiger partial charge in [-0.1, -0.05) is 48.5 Å². The highest BCUT2D eigenvalue weighted by Crippen LogP contribution is 2.20. The lowest BCUT2D eigenvalue weighted by molar-refractivity contribution is 0.102. The first-order valence-corrected chi connectivity index (χ1v) is 10.0. The third-order valence-electron chi connectivity index (χ3n) is 5.37. The number of nitrogens with zero attached hydrogens (tertiary/aromatic N) is 3. The van der Waals surface area contributed by atoms with Gasteiger partial charge in [0, 0.05) is 44.6 Å². The van der Waals surface area contributed by atoms with Gasteiger partial charge in [-0.2, -0.15) is 0 Å². The first kappa shape index (κ1) is 19.2. The van der Waals surface area contributed by atoms with Crippen molar-refractivity contribution in [1.29, 1.82) is 0 Å². The van der Waals surface area contributed by atoms with Crippen molar-refractivity contribution in [2.45, 2.75) is 13.5 Å². The molecule has 0 aliphatic carbocycles. The molecule has 1 N–H and O–H groups in total. The van der Waals surface area contributed by atoms with Crippen molar-refractivity contribution in [3.63, 3.8) is 0 Å². The number of hydrogen-bond donors (Lipinski definition) is 1. The molecular formula is C24H26N4O. The highest BCUT2D eigenvalue weighted by molar-refractivity contribution is 6.04. The number of amides is 1. The fraction of sp³-hybridized carbons (Fsp3) is 0.250. The second-order valence-corrected chi connectivity index (χ2v) is 7.45. The Labute approximate surface area is 172 Å². The van der Waals surface area contributed by atoms with Gasteiger partial charge < -0.3 is 10.2 Å². The van der Waals surface area contributed by atoms with E-state index in [2.05, 4.69) is 50.4 Å². The second-order valence-electron chi connectivity index (χ2n) is 7.45. The molecule has 4 rings (SSSR count). The molecule has 5 heteroatoms. The maximum atomic E-state index is 12.7. The molecule has 0 bridgehead atoms. The molecule has 0 spiro atoms. The zero-order chi connectivity index (χ0) is 20.1. The first-order valence-electron chi connectivity index (χ1n) is 10.0. The number of para-hydroxylation sites is 1. The Kier molecular flexibility index (Phi) is 5.86. The molecular weight excluding hydrogens is 360 g/mol. The van der Waals surface area contributed by atoms with Crippen LogP contribution in [0, 0.1) is 6.92 Å². The number of carbonyl (C=O) groups excluding carboxylic acids is 1. The van der Waals surface area contributed by atoms with E-state index in [0.717, 1.165) is 49.7 Å². The number of pyridine rings is 1. The predicted molar refractivity (Wildman–Crippen MR) is 117 cm³/mol. The SMILES string of the molecule is Cc1ccccc1NC(=O)c1cncc(N2CCN(Cc3ccccc3)CC2)c1. The van der Waals surface area contributed by atoms with E-state index in [0.29, 0.717) is 5.56 Å². The van der Waals surface area contributed by atoms with Gasteiger partial charge in [-0.25, -0.2) is 0 Å². The van der Waals surface area contributed by atoms with Gasteiger partial charge in [0.25, 0.3) is 5.91 Å². The fourth-order valence-electron chi connectivity index (χ4n) is 3.64. The summed E-state index contributed by atoms with van der Waals surface area (Å²) < 4.78 is 0. The molecule has 1 aliphatic rings. The van der Waals surface area contributed by atoms with Crippen LogP contribution in [-0.2, 0) is 6.54 Å². The summed E-state index contributed by atoms with van der Waals surface area (Å²) in [6.45, 7) is 6.81. The lowest BCUT2D eigenvalue weighted by Crippen LogP contribution is -2.46. The van der Waals surface area contributed by atoms with Crippen LogP contribution in [-0.4, -0.2) is 42.0 Å². The molecule has 1 fully saturated rings. The van der Waals surface area contributed by atoms with Gasteiger partial charge in [0.05, 0.1) is 17.4 Å². The summed E-state index contributed by atoms with van der Waals surface area (Å²) in [5, 5.41) is 2.99. The van der Waals surface area contributed by atoms with Gasteiger partial charge in [0.15, 0.2) is 0 Å². The lowest BCUT2D eigenvalue weighted by Gasteiger charge is -2.36. The molecule has 0 radical (unpaired) electrons. The molecule has 148 valence electrons. The summed E-state index contributed by atoms with van der Waals surface area (Å²) in [7, 11) is 0. The van der Waals surface area contributed by atoms with Crippen molar-refractivity contribution in [3.05, 3.63) is 89.7 Å². The van der Waals surface area contributed by atoms with Gasteiger partial charge in [0.2, 0.25) is 0 Å². The largest absolute Gasteiger partial charge is 0.368 e. The Morgan fingerprint density at radius 1 is 0.966 bits per heavy atom. The number of aromatic nitrogens is 1. The van der Waals surface area contributed by atoms with Gasteiger partial charge in [-0.05, 0) is 30.2 Å². The van der Waals surface area contributed by atoms with Crippen LogP contribution in [0.15, 0.2) is 73.1 Å². The number of piperazine rings is 1. The predicted octanol–water partition coefficient (Wildman–Crippen LogP) is 3.96. The quantitative estimate of drug-likeness (QED) is 0.721. The van der Waals surface area contributed by atoms with Crippen LogP contribution in [0.1, 0.15) is 21.5 Å². The Hall–Kier alpha value is -3.18. The van der Waals surface area contributed by atoms with Gasteiger partial charge in [0.1, 0.15) is 0 Å².